The van der Waals surface area contributed by atoms with E-state index in [2.05, 4.69) is 5.32 Å². The van der Waals surface area contributed by atoms with Crippen LogP contribution < -0.4 is 5.32 Å². The van der Waals surface area contributed by atoms with Crippen LogP contribution in [0.3, 0.4) is 0 Å². The molecule has 1 aromatic carbocycles. The normalized spacial score (nSPS) is 42.1. The smallest absolute Gasteiger partial charge is 0.256 e. The van der Waals surface area contributed by atoms with Crippen molar-refractivity contribution in [1.82, 2.24) is 10.4 Å². The van der Waals surface area contributed by atoms with E-state index in [0.717, 1.165) is 5.56 Å². The number of ketones is 1. The van der Waals surface area contributed by atoms with Crippen molar-refractivity contribution in [2.75, 3.05) is 13.1 Å². The van der Waals surface area contributed by atoms with E-state index in [1.54, 1.807) is 24.1 Å². The number of aliphatic hydroxyl groups is 1. The molecular formula is C30H32ClF2N3O4. The molecule has 0 aromatic heterocycles. The molecule has 0 unspecified atom stereocenters. The lowest BCUT2D eigenvalue weighted by Gasteiger charge is -2.62. The molecule has 7 nitrogen and oxygen atoms in total. The highest BCUT2D eigenvalue weighted by Crippen LogP contribution is 2.72. The van der Waals surface area contributed by atoms with E-state index >= 15 is 8.78 Å². The monoisotopic (exact) mass is 571 g/mol. The summed E-state index contributed by atoms with van der Waals surface area (Å²) in [7, 11) is 0. The Bertz CT molecular complexity index is 1380. The highest BCUT2D eigenvalue weighted by atomic mass is 35.5. The van der Waals surface area contributed by atoms with Crippen molar-refractivity contribution in [1.29, 1.82) is 5.26 Å². The maximum absolute atomic E-state index is 17.5. The predicted molar refractivity (Wildman–Crippen MR) is 142 cm³/mol. The molecular weight excluding hydrogens is 540 g/mol. The van der Waals surface area contributed by atoms with E-state index in [1.807, 2.05) is 25.1 Å². The van der Waals surface area contributed by atoms with Gasteiger partial charge >= 0.3 is 0 Å². The first-order valence-corrected chi connectivity index (χ1v) is 14.1. The summed E-state index contributed by atoms with van der Waals surface area (Å²) in [5.41, 5.74) is -5.23. The first-order valence-electron chi connectivity index (χ1n) is 13.7. The number of aliphatic hydroxyl groups excluding tert-OH is 1. The number of hydroxylamine groups is 2. The van der Waals surface area contributed by atoms with Gasteiger partial charge < -0.3 is 10.4 Å². The van der Waals surface area contributed by atoms with Crippen molar-refractivity contribution < 1.29 is 28.3 Å². The summed E-state index contributed by atoms with van der Waals surface area (Å²) in [5.74, 6) is -3.10. The maximum Gasteiger partial charge on any atom is 0.256 e. The van der Waals surface area contributed by atoms with E-state index < -0.39 is 51.8 Å². The summed E-state index contributed by atoms with van der Waals surface area (Å²) in [6.07, 6.45) is 0.993. The number of nitrogens with one attached hydrogen (secondary N) is 1. The van der Waals surface area contributed by atoms with Crippen molar-refractivity contribution in [2.45, 2.75) is 63.4 Å². The standard InChI is InChI=1S/C30H32ClF2N3O4/c1-27-8-7-20(37)12-23(27)24(32)13-22-21-11-18-16-36(15-17-3-5-19(31)6-4-17)40-30(18,26(39)35-10-9-34)28(21,2)14-25(38)29(22,27)33/h3-8,18,21-22,25,38H,10-16H2,1-2H3,(H,35,39)/t18-,21-,22-,25-,27-,28-,29-,30-/m0/s1. The molecule has 212 valence electrons. The van der Waals surface area contributed by atoms with E-state index in [-0.39, 0.29) is 43.1 Å². The lowest BCUT2D eigenvalue weighted by atomic mass is 9.45. The van der Waals surface area contributed by atoms with Crippen LogP contribution >= 0.6 is 11.6 Å². The van der Waals surface area contributed by atoms with Gasteiger partial charge in [-0.2, -0.15) is 10.3 Å². The summed E-state index contributed by atoms with van der Waals surface area (Å²) in [6.45, 7) is 3.91. The second kappa shape index (κ2) is 9.18. The Morgan fingerprint density at radius 3 is 2.73 bits per heavy atom. The van der Waals surface area contributed by atoms with Crippen LogP contribution in [0.4, 0.5) is 8.78 Å². The Balaban J connectivity index is 1.41. The van der Waals surface area contributed by atoms with Crippen molar-refractivity contribution >= 4 is 23.3 Å². The van der Waals surface area contributed by atoms with Gasteiger partial charge in [0.05, 0.1) is 12.2 Å². The van der Waals surface area contributed by atoms with Crippen LogP contribution in [-0.4, -0.2) is 52.3 Å². The van der Waals surface area contributed by atoms with Gasteiger partial charge in [-0.25, -0.2) is 8.78 Å². The van der Waals surface area contributed by atoms with Gasteiger partial charge in [0.25, 0.3) is 5.91 Å². The third-order valence-electron chi connectivity index (χ3n) is 10.6. The summed E-state index contributed by atoms with van der Waals surface area (Å²) >= 11 is 6.03. The van der Waals surface area contributed by atoms with Crippen LogP contribution in [0.1, 0.15) is 45.1 Å². The molecule has 2 saturated carbocycles. The Kier molecular flexibility index (Phi) is 6.32. The van der Waals surface area contributed by atoms with Crippen LogP contribution in [0.5, 0.6) is 0 Å². The SMILES string of the molecule is C[C@]12C=CC(=O)CC1=C(F)C[C@H]1[C@@H]3C[C@H]4CN(Cc5ccc(Cl)cc5)O[C@@]4(C(=O)NCC#N)[C@@]3(C)C[C@H](O)[C@@]12F. The lowest BCUT2D eigenvalue weighted by Crippen LogP contribution is -2.70. The number of amides is 1. The molecule has 1 aromatic rings. The number of hydrogen-bond acceptors (Lipinski definition) is 6. The van der Waals surface area contributed by atoms with Gasteiger partial charge in [0.2, 0.25) is 0 Å². The Morgan fingerprint density at radius 2 is 2.02 bits per heavy atom. The number of rotatable bonds is 4. The molecule has 0 bridgehead atoms. The van der Waals surface area contributed by atoms with Gasteiger partial charge in [-0.05, 0) is 55.0 Å². The zero-order valence-corrected chi connectivity index (χ0v) is 23.2. The Morgan fingerprint density at radius 1 is 1.30 bits per heavy atom. The number of carbonyl (C=O) groups is 2. The molecule has 40 heavy (non-hydrogen) atoms. The van der Waals surface area contributed by atoms with Crippen LogP contribution in [0.15, 0.2) is 47.8 Å². The number of hydrogen-bond donors (Lipinski definition) is 2. The lowest BCUT2D eigenvalue weighted by molar-refractivity contribution is -0.267. The first kappa shape index (κ1) is 27.5. The van der Waals surface area contributed by atoms with Gasteiger partial charge in [-0.3, -0.25) is 14.4 Å². The summed E-state index contributed by atoms with van der Waals surface area (Å²) < 4.78 is 33.2. The van der Waals surface area contributed by atoms with Crippen molar-refractivity contribution in [2.24, 2.45) is 28.6 Å². The van der Waals surface area contributed by atoms with Crippen molar-refractivity contribution in [3.8, 4) is 6.07 Å². The summed E-state index contributed by atoms with van der Waals surface area (Å²) in [4.78, 5) is 32.6. The van der Waals surface area contributed by atoms with Crippen LogP contribution in [0.25, 0.3) is 0 Å². The van der Waals surface area contributed by atoms with Gasteiger partial charge in [0.1, 0.15) is 12.4 Å². The fourth-order valence-electron chi connectivity index (χ4n) is 8.82. The second-order valence-corrected chi connectivity index (χ2v) is 12.9. The minimum absolute atomic E-state index is 0.0950. The molecule has 0 spiro atoms. The summed E-state index contributed by atoms with van der Waals surface area (Å²) in [5, 5.41) is 25.8. The van der Waals surface area contributed by atoms with E-state index in [9.17, 15) is 20.0 Å². The number of carbonyl (C=O) groups excluding carboxylic acids is 2. The van der Waals surface area contributed by atoms with E-state index in [1.165, 1.54) is 12.2 Å². The number of halogens is 3. The molecule has 4 aliphatic carbocycles. The van der Waals surface area contributed by atoms with Gasteiger partial charge in [-0.1, -0.05) is 36.7 Å². The van der Waals surface area contributed by atoms with E-state index in [4.69, 9.17) is 16.4 Å². The Hall–Kier alpha value is -2.64. The van der Waals surface area contributed by atoms with Gasteiger partial charge in [0, 0.05) is 53.6 Å². The number of benzene rings is 1. The molecule has 8 atom stereocenters. The minimum atomic E-state index is -2.23. The molecule has 10 heteroatoms. The highest BCUT2D eigenvalue weighted by Gasteiger charge is 2.79. The second-order valence-electron chi connectivity index (χ2n) is 12.4. The minimum Gasteiger partial charge on any atom is -0.390 e. The highest BCUT2D eigenvalue weighted by molar-refractivity contribution is 6.30. The molecule has 1 saturated heterocycles. The number of alkyl halides is 1. The number of fused-ring (bicyclic) bond motifs is 7. The first-order chi connectivity index (χ1) is 18.9. The van der Waals surface area contributed by atoms with Gasteiger partial charge in [-0.15, -0.1) is 0 Å². The molecule has 1 heterocycles. The molecule has 1 aliphatic heterocycles. The average Bonchev–Trinajstić information content (AvgIpc) is 3.39. The largest absolute Gasteiger partial charge is 0.390 e. The van der Waals surface area contributed by atoms with Crippen LogP contribution in [0.2, 0.25) is 5.02 Å². The zero-order valence-electron chi connectivity index (χ0n) is 22.4. The summed E-state index contributed by atoms with van der Waals surface area (Å²) in [6, 6.07) is 9.21. The fourth-order valence-corrected chi connectivity index (χ4v) is 8.95. The van der Waals surface area contributed by atoms with Crippen LogP contribution in [0, 0.1) is 39.9 Å². The van der Waals surface area contributed by atoms with Gasteiger partial charge in [0.15, 0.2) is 17.1 Å². The van der Waals surface area contributed by atoms with Crippen LogP contribution in [-0.2, 0) is 21.0 Å². The maximum atomic E-state index is 17.5. The Labute approximate surface area is 236 Å². The number of nitriles is 1. The number of allylic oxidation sites excluding steroid dienone is 4. The quantitative estimate of drug-likeness (QED) is 0.521. The molecule has 1 amide bonds. The third-order valence-corrected chi connectivity index (χ3v) is 10.9. The zero-order chi connectivity index (χ0) is 28.7. The number of nitrogens with zero attached hydrogens (tertiary/aromatic N) is 2. The predicted octanol–water partition coefficient (Wildman–Crippen LogP) is 4.36. The average molecular weight is 572 g/mol. The molecule has 3 fully saturated rings. The molecule has 6 rings (SSSR count). The topological polar surface area (TPSA) is 103 Å². The van der Waals surface area contributed by atoms with Crippen molar-refractivity contribution in [3.05, 3.63) is 58.4 Å². The molecule has 0 radical (unpaired) electrons. The van der Waals surface area contributed by atoms with E-state index in [0.29, 0.717) is 24.5 Å². The molecule has 2 N–H and O–H groups in total. The fraction of sp³-hybridized carbons (Fsp3) is 0.567. The van der Waals surface area contributed by atoms with Crippen molar-refractivity contribution in [3.63, 3.8) is 0 Å². The third kappa shape index (κ3) is 3.49. The molecule has 5 aliphatic rings.